The number of para-hydroxylation sites is 1. The minimum absolute atomic E-state index is 0.104. The van der Waals surface area contributed by atoms with Crippen molar-refractivity contribution < 1.29 is 9.21 Å². The Kier molecular flexibility index (Phi) is 4.87. The summed E-state index contributed by atoms with van der Waals surface area (Å²) in [6.45, 7) is 2.73. The first-order valence-corrected chi connectivity index (χ1v) is 8.03. The molecule has 0 saturated carbocycles. The van der Waals surface area contributed by atoms with Crippen molar-refractivity contribution in [1.82, 2.24) is 5.32 Å². The number of nitrogens with one attached hydrogen (secondary N) is 1. The Labute approximate surface area is 140 Å². The molecule has 0 fully saturated rings. The maximum Gasteiger partial charge on any atom is 0.347 e. The molecule has 0 aliphatic heterocycles. The topological polar surface area (TPSA) is 59.3 Å². The zero-order chi connectivity index (χ0) is 16.9. The van der Waals surface area contributed by atoms with E-state index in [1.807, 2.05) is 49.4 Å². The first kappa shape index (κ1) is 16.1. The van der Waals surface area contributed by atoms with Gasteiger partial charge < -0.3 is 9.73 Å². The molecule has 1 aromatic heterocycles. The van der Waals surface area contributed by atoms with E-state index in [9.17, 15) is 9.59 Å². The highest BCUT2D eigenvalue weighted by Gasteiger charge is 2.19. The molecule has 1 heterocycles. The molecule has 3 rings (SSSR count). The van der Waals surface area contributed by atoms with Gasteiger partial charge in [-0.15, -0.1) is 0 Å². The van der Waals surface area contributed by atoms with E-state index in [0.29, 0.717) is 5.58 Å². The zero-order valence-corrected chi connectivity index (χ0v) is 13.5. The summed E-state index contributed by atoms with van der Waals surface area (Å²) in [5.41, 5.74) is 1.04. The summed E-state index contributed by atoms with van der Waals surface area (Å²) in [5.74, 6) is -0.218. The molecular weight excluding hydrogens is 302 g/mol. The van der Waals surface area contributed by atoms with E-state index in [4.69, 9.17) is 4.42 Å². The maximum atomic E-state index is 12.7. The average molecular weight is 321 g/mol. The maximum absolute atomic E-state index is 12.7. The van der Waals surface area contributed by atoms with Crippen LogP contribution in [0.1, 0.15) is 35.3 Å². The highest BCUT2D eigenvalue weighted by molar-refractivity contribution is 5.98. The normalized spacial score (nSPS) is 12.2. The van der Waals surface area contributed by atoms with E-state index < -0.39 is 5.63 Å². The summed E-state index contributed by atoms with van der Waals surface area (Å²) in [4.78, 5) is 24.8. The van der Waals surface area contributed by atoms with E-state index >= 15 is 0 Å². The Bertz CT molecular complexity index is 899. The summed E-state index contributed by atoms with van der Waals surface area (Å²) < 4.78 is 5.26. The second-order valence-electron chi connectivity index (χ2n) is 5.63. The molecule has 0 amide bonds. The van der Waals surface area contributed by atoms with Crippen LogP contribution in [0, 0.1) is 0 Å². The molecule has 2 aromatic carbocycles. The van der Waals surface area contributed by atoms with Crippen LogP contribution >= 0.6 is 0 Å². The Morgan fingerprint density at radius 2 is 1.79 bits per heavy atom. The van der Waals surface area contributed by atoms with Gasteiger partial charge in [0.2, 0.25) is 0 Å². The molecule has 3 aromatic rings. The minimum atomic E-state index is -0.581. The van der Waals surface area contributed by atoms with Gasteiger partial charge in [0, 0.05) is 17.8 Å². The number of benzene rings is 2. The van der Waals surface area contributed by atoms with Gasteiger partial charge in [-0.05, 0) is 24.2 Å². The van der Waals surface area contributed by atoms with E-state index in [1.54, 1.807) is 18.2 Å². The number of hydrogen-bond donors (Lipinski definition) is 1. The van der Waals surface area contributed by atoms with Crippen LogP contribution in [0.5, 0.6) is 0 Å². The van der Waals surface area contributed by atoms with Crippen LogP contribution in [0.2, 0.25) is 0 Å². The molecule has 4 nitrogen and oxygen atoms in total. The Hall–Kier alpha value is -2.72. The molecule has 0 spiro atoms. The van der Waals surface area contributed by atoms with E-state index in [2.05, 4.69) is 5.32 Å². The molecule has 0 unspecified atom stereocenters. The van der Waals surface area contributed by atoms with Gasteiger partial charge in [-0.25, -0.2) is 4.79 Å². The molecule has 122 valence electrons. The zero-order valence-electron chi connectivity index (χ0n) is 13.5. The van der Waals surface area contributed by atoms with E-state index in [1.165, 1.54) is 0 Å². The first-order chi connectivity index (χ1) is 11.7. The monoisotopic (exact) mass is 321 g/mol. The number of rotatable bonds is 6. The van der Waals surface area contributed by atoms with Crippen molar-refractivity contribution >= 4 is 16.8 Å². The fourth-order valence-corrected chi connectivity index (χ4v) is 2.79. The van der Waals surface area contributed by atoms with E-state index in [0.717, 1.165) is 17.5 Å². The second kappa shape index (κ2) is 7.23. The van der Waals surface area contributed by atoms with Crippen LogP contribution in [0.15, 0.2) is 69.9 Å². The molecule has 0 radical (unpaired) electrons. The predicted octanol–water partition coefficient (Wildman–Crippen LogP) is 3.72. The third kappa shape index (κ3) is 3.44. The lowest BCUT2D eigenvalue weighted by Crippen LogP contribution is -2.25. The predicted molar refractivity (Wildman–Crippen MR) is 94.3 cm³/mol. The van der Waals surface area contributed by atoms with Crippen LogP contribution in [0.4, 0.5) is 0 Å². The van der Waals surface area contributed by atoms with Crippen molar-refractivity contribution in [2.45, 2.75) is 19.4 Å². The lowest BCUT2D eigenvalue weighted by atomic mass is 9.98. The summed E-state index contributed by atoms with van der Waals surface area (Å²) in [6, 6.07) is 18.4. The molecule has 1 N–H and O–H groups in total. The van der Waals surface area contributed by atoms with Gasteiger partial charge in [0.25, 0.3) is 0 Å². The van der Waals surface area contributed by atoms with Crippen LogP contribution in [0.25, 0.3) is 11.0 Å². The summed E-state index contributed by atoms with van der Waals surface area (Å²) in [6.07, 6.45) is 0.209. The molecule has 1 atom stereocenters. The van der Waals surface area contributed by atoms with Crippen LogP contribution in [-0.4, -0.2) is 12.3 Å². The van der Waals surface area contributed by atoms with Gasteiger partial charge >= 0.3 is 5.63 Å². The second-order valence-corrected chi connectivity index (χ2v) is 5.63. The molecular formula is C20H19NO3. The summed E-state index contributed by atoms with van der Waals surface area (Å²) >= 11 is 0. The molecule has 0 aliphatic rings. The van der Waals surface area contributed by atoms with Crippen molar-refractivity contribution in [3.63, 3.8) is 0 Å². The minimum Gasteiger partial charge on any atom is -0.422 e. The van der Waals surface area contributed by atoms with Gasteiger partial charge in [0.05, 0.1) is 0 Å². The van der Waals surface area contributed by atoms with Crippen molar-refractivity contribution in [3.05, 3.63) is 82.2 Å². The molecule has 0 saturated heterocycles. The Balaban J connectivity index is 1.90. The van der Waals surface area contributed by atoms with Gasteiger partial charge in [-0.1, -0.05) is 55.5 Å². The lowest BCUT2D eigenvalue weighted by Gasteiger charge is -2.17. The van der Waals surface area contributed by atoms with E-state index in [-0.39, 0.29) is 23.8 Å². The van der Waals surface area contributed by atoms with Crippen LogP contribution in [0.3, 0.4) is 0 Å². The first-order valence-electron chi connectivity index (χ1n) is 8.03. The quantitative estimate of drug-likeness (QED) is 0.555. The van der Waals surface area contributed by atoms with Gasteiger partial charge in [0.1, 0.15) is 11.1 Å². The summed E-state index contributed by atoms with van der Waals surface area (Å²) in [5, 5.41) is 4.05. The number of carbonyl (C=O) groups is 1. The van der Waals surface area contributed by atoms with Crippen molar-refractivity contribution in [1.29, 1.82) is 0 Å². The standard InChI is InChI=1S/C20H19NO3/c1-2-21-17(14-8-4-3-5-9-14)13-18(22)16-12-15-10-6-7-11-19(15)24-20(16)23/h3-12,17,21H,2,13H2,1H3/t17-/m0/s1. The summed E-state index contributed by atoms with van der Waals surface area (Å²) in [7, 11) is 0. The lowest BCUT2D eigenvalue weighted by molar-refractivity contribution is 0.0965. The number of fused-ring (bicyclic) bond motifs is 1. The third-order valence-electron chi connectivity index (χ3n) is 3.98. The van der Waals surface area contributed by atoms with Crippen LogP contribution < -0.4 is 10.9 Å². The SMILES string of the molecule is CCN[C@@H](CC(=O)c1cc2ccccc2oc1=O)c1ccccc1. The van der Waals surface area contributed by atoms with Crippen molar-refractivity contribution in [3.8, 4) is 0 Å². The highest BCUT2D eigenvalue weighted by atomic mass is 16.4. The number of Topliss-reactive ketones (excluding diaryl/α,β-unsaturated/α-hetero) is 1. The van der Waals surface area contributed by atoms with Gasteiger partial charge in [-0.2, -0.15) is 0 Å². The average Bonchev–Trinajstić information content (AvgIpc) is 2.61. The molecule has 24 heavy (non-hydrogen) atoms. The third-order valence-corrected chi connectivity index (χ3v) is 3.98. The number of hydrogen-bond acceptors (Lipinski definition) is 4. The van der Waals surface area contributed by atoms with Gasteiger partial charge in [0.15, 0.2) is 5.78 Å². The molecule has 4 heteroatoms. The Morgan fingerprint density at radius 3 is 2.54 bits per heavy atom. The Morgan fingerprint density at radius 1 is 1.08 bits per heavy atom. The van der Waals surface area contributed by atoms with Crippen molar-refractivity contribution in [2.75, 3.05) is 6.54 Å². The molecule has 0 bridgehead atoms. The number of carbonyl (C=O) groups excluding carboxylic acids is 1. The largest absolute Gasteiger partial charge is 0.422 e. The van der Waals surface area contributed by atoms with Gasteiger partial charge in [-0.3, -0.25) is 4.79 Å². The van der Waals surface area contributed by atoms with Crippen LogP contribution in [-0.2, 0) is 0 Å². The fourth-order valence-electron chi connectivity index (χ4n) is 2.79. The highest BCUT2D eigenvalue weighted by Crippen LogP contribution is 2.20. The smallest absolute Gasteiger partial charge is 0.347 e. The number of ketones is 1. The fraction of sp³-hybridized carbons (Fsp3) is 0.200. The van der Waals surface area contributed by atoms with Crippen molar-refractivity contribution in [2.24, 2.45) is 0 Å². The molecule has 0 aliphatic carbocycles.